The number of carboxylic acid groups (broad SMARTS) is 1. The van der Waals surface area contributed by atoms with Crippen LogP contribution in [0, 0.1) is 0 Å². The van der Waals surface area contributed by atoms with Gasteiger partial charge in [-0.1, -0.05) is 23.7 Å². The first-order valence-corrected chi connectivity index (χ1v) is 10.4. The first kappa shape index (κ1) is 19.9. The lowest BCUT2D eigenvalue weighted by molar-refractivity contribution is 0.0703. The van der Waals surface area contributed by atoms with Gasteiger partial charge in [0.15, 0.2) is 0 Å². The van der Waals surface area contributed by atoms with E-state index in [1.54, 1.807) is 12.1 Å². The van der Waals surface area contributed by atoms with Gasteiger partial charge in [-0.15, -0.1) is 11.3 Å². The van der Waals surface area contributed by atoms with Crippen LogP contribution in [0.4, 0.5) is 5.69 Å². The standard InChI is InChI=1S/C18H13ClN2O5S2/c19-12-5-7-13(8-6-12)28(25,26)21-14-9-15(27-16(14)18(23)24)10-1-3-11(4-2-10)17(20)22/h1-9,21H,(H2,20,22)(H,23,24). The third-order valence-corrected chi connectivity index (χ3v) is 6.55. The Hall–Kier alpha value is -2.88. The first-order chi connectivity index (χ1) is 13.2. The lowest BCUT2D eigenvalue weighted by Crippen LogP contribution is -2.14. The molecule has 0 aliphatic heterocycles. The van der Waals surface area contributed by atoms with Crippen LogP contribution < -0.4 is 10.5 Å². The fourth-order valence-corrected chi connectivity index (χ4v) is 4.60. The first-order valence-electron chi connectivity index (χ1n) is 7.73. The molecule has 3 aromatic rings. The number of amides is 1. The molecule has 0 saturated carbocycles. The molecule has 0 atom stereocenters. The minimum Gasteiger partial charge on any atom is -0.477 e. The highest BCUT2D eigenvalue weighted by atomic mass is 35.5. The maximum atomic E-state index is 12.6. The molecule has 0 fully saturated rings. The molecule has 0 aliphatic carbocycles. The number of carbonyl (C=O) groups excluding carboxylic acids is 1. The van der Waals surface area contributed by atoms with Crippen molar-refractivity contribution in [1.82, 2.24) is 0 Å². The largest absolute Gasteiger partial charge is 0.477 e. The van der Waals surface area contributed by atoms with Gasteiger partial charge in [-0.2, -0.15) is 0 Å². The molecule has 28 heavy (non-hydrogen) atoms. The van der Waals surface area contributed by atoms with E-state index in [1.807, 2.05) is 0 Å². The van der Waals surface area contributed by atoms with E-state index in [1.165, 1.54) is 42.5 Å². The van der Waals surface area contributed by atoms with E-state index < -0.39 is 21.9 Å². The Kier molecular flexibility index (Phi) is 5.41. The van der Waals surface area contributed by atoms with Crippen molar-refractivity contribution in [1.29, 1.82) is 0 Å². The highest BCUT2D eigenvalue weighted by Gasteiger charge is 2.22. The highest BCUT2D eigenvalue weighted by molar-refractivity contribution is 7.92. The number of nitrogens with one attached hydrogen (secondary N) is 1. The summed E-state index contributed by atoms with van der Waals surface area (Å²) in [4.78, 5) is 23.1. The van der Waals surface area contributed by atoms with Gasteiger partial charge in [-0.3, -0.25) is 9.52 Å². The lowest BCUT2D eigenvalue weighted by atomic mass is 10.1. The molecule has 2 aromatic carbocycles. The molecular formula is C18H13ClN2O5S2. The van der Waals surface area contributed by atoms with Gasteiger partial charge < -0.3 is 10.8 Å². The Morgan fingerprint density at radius 1 is 1.04 bits per heavy atom. The number of hydrogen-bond acceptors (Lipinski definition) is 5. The molecule has 144 valence electrons. The minimum atomic E-state index is -4.00. The lowest BCUT2D eigenvalue weighted by Gasteiger charge is -2.07. The van der Waals surface area contributed by atoms with Crippen molar-refractivity contribution < 1.29 is 23.1 Å². The van der Waals surface area contributed by atoms with Gasteiger partial charge in [0.25, 0.3) is 10.0 Å². The summed E-state index contributed by atoms with van der Waals surface area (Å²) in [6.07, 6.45) is 0. The Bertz CT molecular complexity index is 1150. The van der Waals surface area contributed by atoms with Crippen molar-refractivity contribution in [2.75, 3.05) is 4.72 Å². The zero-order valence-corrected chi connectivity index (χ0v) is 16.4. The molecule has 1 amide bonds. The van der Waals surface area contributed by atoms with Gasteiger partial charge in [0.1, 0.15) is 4.88 Å². The van der Waals surface area contributed by atoms with Crippen LogP contribution in [-0.4, -0.2) is 25.4 Å². The van der Waals surface area contributed by atoms with Gasteiger partial charge in [0, 0.05) is 15.5 Å². The fraction of sp³-hybridized carbons (Fsp3) is 0. The SMILES string of the molecule is NC(=O)c1ccc(-c2cc(NS(=O)(=O)c3ccc(Cl)cc3)c(C(=O)O)s2)cc1. The summed E-state index contributed by atoms with van der Waals surface area (Å²) in [6.45, 7) is 0. The predicted molar refractivity (Wildman–Crippen MR) is 107 cm³/mol. The number of halogens is 1. The molecule has 0 bridgehead atoms. The summed E-state index contributed by atoms with van der Waals surface area (Å²) in [6, 6.07) is 13.2. The molecule has 4 N–H and O–H groups in total. The molecule has 0 saturated heterocycles. The number of hydrogen-bond donors (Lipinski definition) is 3. The number of carbonyl (C=O) groups is 2. The van der Waals surface area contributed by atoms with Crippen molar-refractivity contribution in [3.05, 3.63) is 70.1 Å². The predicted octanol–water partition coefficient (Wildman–Crippen LogP) is 3.67. The van der Waals surface area contributed by atoms with E-state index >= 15 is 0 Å². The number of carboxylic acids is 1. The molecule has 0 radical (unpaired) electrons. The fourth-order valence-electron chi connectivity index (χ4n) is 2.38. The molecule has 0 unspecified atom stereocenters. The molecular weight excluding hydrogens is 424 g/mol. The number of rotatable bonds is 6. The van der Waals surface area contributed by atoms with E-state index in [0.717, 1.165) is 11.3 Å². The maximum absolute atomic E-state index is 12.6. The van der Waals surface area contributed by atoms with Crippen LogP contribution in [0.15, 0.2) is 59.5 Å². The van der Waals surface area contributed by atoms with Crippen molar-refractivity contribution in [3.63, 3.8) is 0 Å². The number of anilines is 1. The van der Waals surface area contributed by atoms with Crippen LogP contribution in [-0.2, 0) is 10.0 Å². The number of sulfonamides is 1. The number of benzene rings is 2. The summed E-state index contributed by atoms with van der Waals surface area (Å²) >= 11 is 6.68. The van der Waals surface area contributed by atoms with Crippen LogP contribution in [0.3, 0.4) is 0 Å². The van der Waals surface area contributed by atoms with Crippen LogP contribution in [0.5, 0.6) is 0 Å². The monoisotopic (exact) mass is 436 g/mol. The average Bonchev–Trinajstić information content (AvgIpc) is 3.05. The van der Waals surface area contributed by atoms with Crippen molar-refractivity contribution >= 4 is 50.5 Å². The molecule has 0 spiro atoms. The van der Waals surface area contributed by atoms with E-state index in [2.05, 4.69) is 4.72 Å². The normalized spacial score (nSPS) is 11.2. The number of aromatic carboxylic acids is 1. The van der Waals surface area contributed by atoms with Gasteiger partial charge in [-0.25, -0.2) is 13.2 Å². The molecule has 1 aromatic heterocycles. The van der Waals surface area contributed by atoms with Crippen molar-refractivity contribution in [2.24, 2.45) is 5.73 Å². The van der Waals surface area contributed by atoms with E-state index in [-0.39, 0.29) is 15.5 Å². The Morgan fingerprint density at radius 2 is 1.64 bits per heavy atom. The minimum absolute atomic E-state index is 0.0493. The number of primary amides is 1. The van der Waals surface area contributed by atoms with Gasteiger partial charge in [0.2, 0.25) is 5.91 Å². The van der Waals surface area contributed by atoms with Crippen molar-refractivity contribution in [3.8, 4) is 10.4 Å². The highest BCUT2D eigenvalue weighted by Crippen LogP contribution is 2.36. The third-order valence-electron chi connectivity index (χ3n) is 3.75. The van der Waals surface area contributed by atoms with E-state index in [0.29, 0.717) is 21.0 Å². The molecule has 10 heteroatoms. The summed E-state index contributed by atoms with van der Waals surface area (Å²) in [5.74, 6) is -1.85. The second-order valence-corrected chi connectivity index (χ2v) is 8.83. The zero-order chi connectivity index (χ0) is 20.5. The maximum Gasteiger partial charge on any atom is 0.348 e. The van der Waals surface area contributed by atoms with Gasteiger partial charge in [-0.05, 0) is 48.0 Å². The molecule has 7 nitrogen and oxygen atoms in total. The number of nitrogens with two attached hydrogens (primary N) is 1. The Balaban J connectivity index is 1.98. The second-order valence-electron chi connectivity index (χ2n) is 5.66. The van der Waals surface area contributed by atoms with Crippen LogP contribution in [0.2, 0.25) is 5.02 Å². The van der Waals surface area contributed by atoms with Gasteiger partial charge in [0.05, 0.1) is 10.6 Å². The molecule has 0 aliphatic rings. The topological polar surface area (TPSA) is 127 Å². The zero-order valence-electron chi connectivity index (χ0n) is 14.0. The molecule has 1 heterocycles. The molecule has 3 rings (SSSR count). The van der Waals surface area contributed by atoms with Gasteiger partial charge >= 0.3 is 5.97 Å². The van der Waals surface area contributed by atoms with Crippen LogP contribution in [0.25, 0.3) is 10.4 Å². The number of thiophene rings is 1. The quantitative estimate of drug-likeness (QED) is 0.543. The van der Waals surface area contributed by atoms with E-state index in [9.17, 15) is 23.1 Å². The van der Waals surface area contributed by atoms with Crippen LogP contribution in [0.1, 0.15) is 20.0 Å². The second kappa shape index (κ2) is 7.63. The summed E-state index contributed by atoms with van der Waals surface area (Å²) in [5.41, 5.74) is 6.08. The third kappa shape index (κ3) is 4.16. The van der Waals surface area contributed by atoms with E-state index in [4.69, 9.17) is 17.3 Å². The average molecular weight is 437 g/mol. The summed E-state index contributed by atoms with van der Waals surface area (Å²) in [7, 11) is -4.00. The summed E-state index contributed by atoms with van der Waals surface area (Å²) < 4.78 is 27.4. The smallest absolute Gasteiger partial charge is 0.348 e. The van der Waals surface area contributed by atoms with Crippen molar-refractivity contribution in [2.45, 2.75) is 4.90 Å². The van der Waals surface area contributed by atoms with Crippen LogP contribution >= 0.6 is 22.9 Å². The Morgan fingerprint density at radius 3 is 2.18 bits per heavy atom. The Labute approximate surface area is 169 Å². The summed E-state index contributed by atoms with van der Waals surface area (Å²) in [5, 5.41) is 9.82.